The second-order valence-corrected chi connectivity index (χ2v) is 15.3. The van der Waals surface area contributed by atoms with Gasteiger partial charge in [0, 0.05) is 27.4 Å². The predicted molar refractivity (Wildman–Crippen MR) is 224 cm³/mol. The molecule has 0 atom stereocenters. The summed E-state index contributed by atoms with van der Waals surface area (Å²) in [7, 11) is 0. The predicted octanol–water partition coefficient (Wildman–Crippen LogP) is 14.1. The molecular weight excluding hydrogens is 673 g/mol. The monoisotopic (exact) mass is 706 g/mol. The van der Waals surface area contributed by atoms with Gasteiger partial charge in [-0.2, -0.15) is 0 Å². The second kappa shape index (κ2) is 11.0. The molecule has 4 heteroatoms. The zero-order chi connectivity index (χ0) is 36.4. The molecule has 0 bridgehead atoms. The smallest absolute Gasteiger partial charge is 0.155 e. The van der Waals surface area contributed by atoms with Crippen molar-refractivity contribution in [3.05, 3.63) is 181 Å². The third-order valence-electron chi connectivity index (χ3n) is 11.9. The molecule has 0 fully saturated rings. The molecule has 3 heterocycles. The summed E-state index contributed by atoms with van der Waals surface area (Å²) in [5, 5.41) is 2.31. The Hall–Kier alpha value is -7.04. The van der Waals surface area contributed by atoms with Crippen molar-refractivity contribution in [3.63, 3.8) is 0 Å². The highest BCUT2D eigenvalue weighted by Gasteiger charge is 2.39. The van der Waals surface area contributed by atoms with Gasteiger partial charge >= 0.3 is 0 Å². The van der Waals surface area contributed by atoms with Gasteiger partial charge in [0.25, 0.3) is 0 Å². The Labute approximate surface area is 319 Å². The van der Waals surface area contributed by atoms with Crippen molar-refractivity contribution < 1.29 is 9.47 Å². The normalized spacial score (nSPS) is 13.7. The Bertz CT molecular complexity index is 3060. The summed E-state index contributed by atoms with van der Waals surface area (Å²) in [5.41, 5.74) is 16.3. The highest BCUT2D eigenvalue weighted by molar-refractivity contribution is 6.16. The summed E-state index contributed by atoms with van der Waals surface area (Å²) in [6.45, 7) is 4.73. The van der Waals surface area contributed by atoms with E-state index >= 15 is 0 Å². The van der Waals surface area contributed by atoms with E-state index in [-0.39, 0.29) is 5.41 Å². The molecular formula is C51H34N2O2. The number of hydrogen-bond acceptors (Lipinski definition) is 3. The molecule has 260 valence electrons. The summed E-state index contributed by atoms with van der Waals surface area (Å²) < 4.78 is 15.4. The SMILES string of the molecule is CC1(C)c2ccccc2-c2cccc(N(c3ccc(-c4cc5c6c(c4)c4cccc7c4n6-c4c(cccc4O5)O7)cc3)c3ccccc3-c3ccccc3)c21. The lowest BCUT2D eigenvalue weighted by atomic mass is 9.81. The Morgan fingerprint density at radius 3 is 1.93 bits per heavy atom. The molecule has 2 aliphatic heterocycles. The maximum atomic E-state index is 6.66. The van der Waals surface area contributed by atoms with Crippen molar-refractivity contribution >= 4 is 38.9 Å². The van der Waals surface area contributed by atoms with E-state index in [1.54, 1.807) is 0 Å². The quantitative estimate of drug-likeness (QED) is 0.178. The minimum absolute atomic E-state index is 0.190. The van der Waals surface area contributed by atoms with Gasteiger partial charge in [-0.3, -0.25) is 4.57 Å². The van der Waals surface area contributed by atoms with E-state index < -0.39 is 0 Å². The fraction of sp³-hybridized carbons (Fsp3) is 0.0588. The lowest BCUT2D eigenvalue weighted by molar-refractivity contribution is 0.444. The molecule has 4 nitrogen and oxygen atoms in total. The largest absolute Gasteiger partial charge is 0.453 e. The van der Waals surface area contributed by atoms with Crippen molar-refractivity contribution in [3.8, 4) is 62.1 Å². The van der Waals surface area contributed by atoms with Gasteiger partial charge in [-0.1, -0.05) is 129 Å². The Kier molecular flexibility index (Phi) is 6.09. The number of para-hydroxylation sites is 3. The second-order valence-electron chi connectivity index (χ2n) is 15.3. The lowest BCUT2D eigenvalue weighted by Crippen LogP contribution is -2.21. The molecule has 0 amide bonds. The molecule has 55 heavy (non-hydrogen) atoms. The maximum absolute atomic E-state index is 6.66. The third-order valence-corrected chi connectivity index (χ3v) is 11.9. The third kappa shape index (κ3) is 4.17. The molecule has 0 spiro atoms. The molecule has 0 radical (unpaired) electrons. The molecule has 0 N–H and O–H groups in total. The minimum atomic E-state index is -0.190. The van der Waals surface area contributed by atoms with Gasteiger partial charge < -0.3 is 14.4 Å². The molecule has 1 aromatic heterocycles. The van der Waals surface area contributed by atoms with Gasteiger partial charge in [0.05, 0.1) is 22.4 Å². The van der Waals surface area contributed by atoms with Crippen molar-refractivity contribution in [2.24, 2.45) is 0 Å². The number of rotatable bonds is 5. The van der Waals surface area contributed by atoms with Crippen LogP contribution in [0, 0.1) is 0 Å². The Balaban J connectivity index is 1.05. The van der Waals surface area contributed by atoms with Crippen LogP contribution < -0.4 is 14.4 Å². The number of anilines is 3. The number of ether oxygens (including phenoxy) is 2. The van der Waals surface area contributed by atoms with E-state index in [9.17, 15) is 0 Å². The van der Waals surface area contributed by atoms with Crippen LogP contribution in [0.4, 0.5) is 17.1 Å². The van der Waals surface area contributed by atoms with Crippen LogP contribution in [0.15, 0.2) is 170 Å². The van der Waals surface area contributed by atoms with Crippen LogP contribution in [0.25, 0.3) is 60.9 Å². The van der Waals surface area contributed by atoms with Crippen LogP contribution in [-0.4, -0.2) is 4.57 Å². The first-order valence-electron chi connectivity index (χ1n) is 18.9. The molecule has 8 aromatic carbocycles. The van der Waals surface area contributed by atoms with Gasteiger partial charge in [-0.15, -0.1) is 0 Å². The van der Waals surface area contributed by atoms with E-state index in [4.69, 9.17) is 9.47 Å². The van der Waals surface area contributed by atoms with Crippen LogP contribution in [-0.2, 0) is 5.41 Å². The summed E-state index contributed by atoms with van der Waals surface area (Å²) in [4.78, 5) is 2.47. The maximum Gasteiger partial charge on any atom is 0.155 e. The number of benzene rings is 8. The van der Waals surface area contributed by atoms with Crippen LogP contribution in [0.1, 0.15) is 25.0 Å². The highest BCUT2D eigenvalue weighted by atomic mass is 16.5. The van der Waals surface area contributed by atoms with E-state index in [2.05, 4.69) is 175 Å². The fourth-order valence-corrected chi connectivity index (χ4v) is 9.55. The number of hydrogen-bond donors (Lipinski definition) is 0. The van der Waals surface area contributed by atoms with Crippen molar-refractivity contribution in [1.29, 1.82) is 0 Å². The highest BCUT2D eigenvalue weighted by Crippen LogP contribution is 2.56. The van der Waals surface area contributed by atoms with Gasteiger partial charge in [0.15, 0.2) is 23.0 Å². The molecule has 12 rings (SSSR count). The first kappa shape index (κ1) is 30.4. The number of nitrogens with zero attached hydrogens (tertiary/aromatic N) is 2. The topological polar surface area (TPSA) is 26.6 Å². The van der Waals surface area contributed by atoms with E-state index in [1.165, 1.54) is 39.1 Å². The van der Waals surface area contributed by atoms with E-state index in [0.717, 1.165) is 73.0 Å². The molecule has 3 aliphatic rings. The fourth-order valence-electron chi connectivity index (χ4n) is 9.55. The van der Waals surface area contributed by atoms with Gasteiger partial charge in [-0.25, -0.2) is 0 Å². The summed E-state index contributed by atoms with van der Waals surface area (Å²) in [5.74, 6) is 3.34. The Morgan fingerprint density at radius 1 is 0.455 bits per heavy atom. The first-order valence-corrected chi connectivity index (χ1v) is 18.9. The van der Waals surface area contributed by atoms with Gasteiger partial charge in [0.2, 0.25) is 0 Å². The van der Waals surface area contributed by atoms with Crippen LogP contribution in [0.5, 0.6) is 23.0 Å². The zero-order valence-corrected chi connectivity index (χ0v) is 30.4. The number of fused-ring (bicyclic) bond motifs is 4. The summed E-state index contributed by atoms with van der Waals surface area (Å²) >= 11 is 0. The van der Waals surface area contributed by atoms with Gasteiger partial charge in [0.1, 0.15) is 5.69 Å². The standard InChI is InChI=1S/C51H34N2O2/c1-51(2)40-19-8-6-16-36(40)37-17-10-21-42(47(37)51)52(41-20-9-7-15-35(41)32-13-4-3-5-14-32)34-27-25-31(26-28-34)33-29-39-38-18-11-22-43-48(38)53-49(39)46(30-33)55-45-24-12-23-44(54-43)50(45)53/h3-30H,1-2H3. The average molecular weight is 707 g/mol. The van der Waals surface area contributed by atoms with Crippen LogP contribution >= 0.6 is 0 Å². The van der Waals surface area contributed by atoms with Crippen LogP contribution in [0.3, 0.4) is 0 Å². The molecule has 0 saturated carbocycles. The number of aromatic nitrogens is 1. The lowest BCUT2D eigenvalue weighted by Gasteiger charge is -2.33. The van der Waals surface area contributed by atoms with Crippen molar-refractivity contribution in [2.45, 2.75) is 19.3 Å². The molecule has 0 saturated heterocycles. The Morgan fingerprint density at radius 2 is 1.09 bits per heavy atom. The molecule has 9 aromatic rings. The van der Waals surface area contributed by atoms with Crippen molar-refractivity contribution in [1.82, 2.24) is 4.57 Å². The van der Waals surface area contributed by atoms with Crippen LogP contribution in [0.2, 0.25) is 0 Å². The van der Waals surface area contributed by atoms with Gasteiger partial charge in [-0.05, 0) is 93.5 Å². The molecule has 1 aliphatic carbocycles. The zero-order valence-electron chi connectivity index (χ0n) is 30.4. The average Bonchev–Trinajstić information content (AvgIpc) is 3.69. The van der Waals surface area contributed by atoms with Crippen molar-refractivity contribution in [2.75, 3.05) is 4.90 Å². The summed E-state index contributed by atoms with van der Waals surface area (Å²) in [6, 6.07) is 61.1. The first-order chi connectivity index (χ1) is 27.0. The minimum Gasteiger partial charge on any atom is -0.453 e. The molecule has 0 unspecified atom stereocenters. The van der Waals surface area contributed by atoms with E-state index in [1.807, 2.05) is 18.2 Å². The summed E-state index contributed by atoms with van der Waals surface area (Å²) in [6.07, 6.45) is 0. The van der Waals surface area contributed by atoms with E-state index in [0.29, 0.717) is 0 Å².